The summed E-state index contributed by atoms with van der Waals surface area (Å²) in [6.45, 7) is 4.29. The van der Waals surface area contributed by atoms with Gasteiger partial charge >= 0.3 is 6.03 Å². The molecule has 0 aliphatic carbocycles. The van der Waals surface area contributed by atoms with Gasteiger partial charge in [-0.25, -0.2) is 9.78 Å². The normalized spacial score (nSPS) is 13.9. The molecule has 2 heterocycles. The lowest BCUT2D eigenvalue weighted by molar-refractivity contribution is 0.102. The predicted molar refractivity (Wildman–Crippen MR) is 145 cm³/mol. The second-order valence-electron chi connectivity index (χ2n) is 9.00. The number of piperidine rings is 1. The summed E-state index contributed by atoms with van der Waals surface area (Å²) in [4.78, 5) is 32.1. The number of anilines is 1. The maximum Gasteiger partial charge on any atom is 0.317 e. The number of hydrogen-bond donors (Lipinski definition) is 2. The summed E-state index contributed by atoms with van der Waals surface area (Å²) >= 11 is 1.52. The standard InChI is InChI=1S/C28H34N4O3S/c1-3-4-8-15-29-28(34)32-16-13-21(14-17-32)27-31-25(19-36-27)26(33)30-24-18-22(35-2)11-12-23(24)20-9-6-5-7-10-20/h5-7,9-12,18-19,21H,3-4,8,13-17H2,1-2H3,(H,29,34)(H,30,33). The van der Waals surface area contributed by atoms with E-state index in [0.29, 0.717) is 30.2 Å². The zero-order valence-electron chi connectivity index (χ0n) is 21.0. The van der Waals surface area contributed by atoms with E-state index in [1.807, 2.05) is 58.8 Å². The Morgan fingerprint density at radius 1 is 1.11 bits per heavy atom. The number of hydrogen-bond acceptors (Lipinski definition) is 5. The van der Waals surface area contributed by atoms with Gasteiger partial charge in [-0.05, 0) is 37.0 Å². The molecule has 2 aromatic carbocycles. The number of nitrogens with zero attached hydrogens (tertiary/aromatic N) is 2. The fourth-order valence-electron chi connectivity index (χ4n) is 4.40. The van der Waals surface area contributed by atoms with E-state index in [0.717, 1.165) is 54.8 Å². The number of rotatable bonds is 9. The van der Waals surface area contributed by atoms with Crippen molar-refractivity contribution in [1.29, 1.82) is 0 Å². The number of nitrogens with one attached hydrogen (secondary N) is 2. The third-order valence-electron chi connectivity index (χ3n) is 6.50. The molecule has 0 unspecified atom stereocenters. The molecule has 1 saturated heterocycles. The molecule has 0 atom stereocenters. The number of amides is 3. The van der Waals surface area contributed by atoms with Crippen molar-refractivity contribution in [1.82, 2.24) is 15.2 Å². The van der Waals surface area contributed by atoms with Crippen molar-refractivity contribution in [3.8, 4) is 16.9 Å². The van der Waals surface area contributed by atoms with Crippen LogP contribution in [0.15, 0.2) is 53.9 Å². The first kappa shape index (κ1) is 25.7. The van der Waals surface area contributed by atoms with Crippen LogP contribution in [0.4, 0.5) is 10.5 Å². The summed E-state index contributed by atoms with van der Waals surface area (Å²) in [6, 6.07) is 15.6. The highest BCUT2D eigenvalue weighted by Crippen LogP contribution is 2.33. The van der Waals surface area contributed by atoms with Gasteiger partial charge < -0.3 is 20.3 Å². The maximum atomic E-state index is 13.1. The predicted octanol–water partition coefficient (Wildman–Crippen LogP) is 6.15. The minimum Gasteiger partial charge on any atom is -0.497 e. The molecule has 8 heteroatoms. The summed E-state index contributed by atoms with van der Waals surface area (Å²) in [5.41, 5.74) is 3.02. The number of carbonyl (C=O) groups is 2. The van der Waals surface area contributed by atoms with Gasteiger partial charge in [0.05, 0.1) is 17.8 Å². The van der Waals surface area contributed by atoms with Crippen molar-refractivity contribution in [2.24, 2.45) is 0 Å². The number of carbonyl (C=O) groups excluding carboxylic acids is 2. The van der Waals surface area contributed by atoms with Crippen molar-refractivity contribution < 1.29 is 14.3 Å². The van der Waals surface area contributed by atoms with Crippen molar-refractivity contribution in [3.63, 3.8) is 0 Å². The van der Waals surface area contributed by atoms with Crippen molar-refractivity contribution >= 4 is 29.0 Å². The van der Waals surface area contributed by atoms with E-state index in [1.54, 1.807) is 7.11 Å². The molecule has 0 bridgehead atoms. The molecule has 190 valence electrons. The summed E-state index contributed by atoms with van der Waals surface area (Å²) in [7, 11) is 1.61. The van der Waals surface area contributed by atoms with Crippen LogP contribution in [0.1, 0.15) is 60.4 Å². The minimum absolute atomic E-state index is 0.0243. The number of methoxy groups -OCH3 is 1. The monoisotopic (exact) mass is 506 g/mol. The van der Waals surface area contributed by atoms with Crippen LogP contribution in [-0.2, 0) is 0 Å². The molecule has 0 radical (unpaired) electrons. The molecular formula is C28H34N4O3S. The minimum atomic E-state index is -0.244. The summed E-state index contributed by atoms with van der Waals surface area (Å²) in [6.07, 6.45) is 5.00. The quantitative estimate of drug-likeness (QED) is 0.341. The van der Waals surface area contributed by atoms with Crippen LogP contribution < -0.4 is 15.4 Å². The first-order valence-electron chi connectivity index (χ1n) is 12.6. The Kier molecular flexibility index (Phi) is 8.95. The summed E-state index contributed by atoms with van der Waals surface area (Å²) in [5.74, 6) is 0.689. The van der Waals surface area contributed by atoms with Crippen LogP contribution in [-0.4, -0.2) is 48.6 Å². The zero-order chi connectivity index (χ0) is 25.3. The van der Waals surface area contributed by atoms with Crippen LogP contribution in [0, 0.1) is 0 Å². The lowest BCUT2D eigenvalue weighted by Crippen LogP contribution is -2.44. The van der Waals surface area contributed by atoms with E-state index in [2.05, 4.69) is 22.5 Å². The molecule has 7 nitrogen and oxygen atoms in total. The molecular weight excluding hydrogens is 472 g/mol. The van der Waals surface area contributed by atoms with Crippen molar-refractivity contribution in [2.45, 2.75) is 44.9 Å². The lowest BCUT2D eigenvalue weighted by atomic mass is 9.98. The Labute approximate surface area is 216 Å². The number of urea groups is 1. The van der Waals surface area contributed by atoms with Gasteiger partial charge in [-0.3, -0.25) is 4.79 Å². The van der Waals surface area contributed by atoms with Crippen molar-refractivity contribution in [3.05, 3.63) is 64.6 Å². The smallest absolute Gasteiger partial charge is 0.317 e. The number of unbranched alkanes of at least 4 members (excludes halogenated alkanes) is 2. The number of aromatic nitrogens is 1. The first-order valence-corrected chi connectivity index (χ1v) is 13.5. The van der Waals surface area contributed by atoms with Crippen LogP contribution in [0.5, 0.6) is 5.75 Å². The van der Waals surface area contributed by atoms with E-state index >= 15 is 0 Å². The highest BCUT2D eigenvalue weighted by atomic mass is 32.1. The van der Waals surface area contributed by atoms with E-state index in [1.165, 1.54) is 11.3 Å². The molecule has 1 fully saturated rings. The van der Waals surface area contributed by atoms with Gasteiger partial charge in [-0.1, -0.05) is 50.1 Å². The van der Waals surface area contributed by atoms with Gasteiger partial charge in [-0.15, -0.1) is 11.3 Å². The second kappa shape index (κ2) is 12.5. The summed E-state index contributed by atoms with van der Waals surface area (Å²) in [5, 5.41) is 8.83. The van der Waals surface area contributed by atoms with Crippen molar-refractivity contribution in [2.75, 3.05) is 32.1 Å². The SMILES string of the molecule is CCCCCNC(=O)N1CCC(c2nc(C(=O)Nc3cc(OC)ccc3-c3ccccc3)cs2)CC1. The van der Waals surface area contributed by atoms with Crippen LogP contribution in [0.3, 0.4) is 0 Å². The number of benzene rings is 2. The summed E-state index contributed by atoms with van der Waals surface area (Å²) < 4.78 is 5.38. The zero-order valence-corrected chi connectivity index (χ0v) is 21.8. The molecule has 3 amide bonds. The number of thiazole rings is 1. The number of likely N-dealkylation sites (tertiary alicyclic amines) is 1. The van der Waals surface area contributed by atoms with Gasteiger partial charge in [0.25, 0.3) is 5.91 Å². The fourth-order valence-corrected chi connectivity index (χ4v) is 5.37. The Bertz CT molecular complexity index is 1160. The maximum absolute atomic E-state index is 13.1. The van der Waals surface area contributed by atoms with E-state index in [-0.39, 0.29) is 17.9 Å². The van der Waals surface area contributed by atoms with E-state index < -0.39 is 0 Å². The highest BCUT2D eigenvalue weighted by Gasteiger charge is 2.26. The van der Waals surface area contributed by atoms with Gasteiger partial charge in [0, 0.05) is 42.6 Å². The van der Waals surface area contributed by atoms with Gasteiger partial charge in [-0.2, -0.15) is 0 Å². The average molecular weight is 507 g/mol. The Morgan fingerprint density at radius 2 is 1.89 bits per heavy atom. The second-order valence-corrected chi connectivity index (χ2v) is 9.89. The van der Waals surface area contributed by atoms with E-state index in [4.69, 9.17) is 4.74 Å². The molecule has 36 heavy (non-hydrogen) atoms. The molecule has 4 rings (SSSR count). The highest BCUT2D eigenvalue weighted by molar-refractivity contribution is 7.10. The van der Waals surface area contributed by atoms with Crippen LogP contribution in [0.2, 0.25) is 0 Å². The molecule has 1 aliphatic rings. The Balaban J connectivity index is 1.37. The Morgan fingerprint density at radius 3 is 2.61 bits per heavy atom. The lowest BCUT2D eigenvalue weighted by Gasteiger charge is -2.31. The molecule has 0 saturated carbocycles. The van der Waals surface area contributed by atoms with Gasteiger partial charge in [0.1, 0.15) is 11.4 Å². The van der Waals surface area contributed by atoms with Crippen LogP contribution in [0.25, 0.3) is 11.1 Å². The molecule has 3 aromatic rings. The van der Waals surface area contributed by atoms with Gasteiger partial charge in [0.15, 0.2) is 0 Å². The average Bonchev–Trinajstić information content (AvgIpc) is 3.42. The molecule has 2 N–H and O–H groups in total. The van der Waals surface area contributed by atoms with Crippen LogP contribution >= 0.6 is 11.3 Å². The number of ether oxygens (including phenoxy) is 1. The topological polar surface area (TPSA) is 83.6 Å². The fraction of sp³-hybridized carbons (Fsp3) is 0.393. The molecule has 1 aliphatic heterocycles. The Hall–Kier alpha value is -3.39. The largest absolute Gasteiger partial charge is 0.497 e. The first-order chi connectivity index (χ1) is 17.6. The molecule has 0 spiro atoms. The third kappa shape index (κ3) is 6.43. The molecule has 1 aromatic heterocycles. The van der Waals surface area contributed by atoms with Gasteiger partial charge in [0.2, 0.25) is 0 Å². The third-order valence-corrected chi connectivity index (χ3v) is 7.51. The van der Waals surface area contributed by atoms with E-state index in [9.17, 15) is 9.59 Å².